The van der Waals surface area contributed by atoms with Gasteiger partial charge in [-0.25, -0.2) is 13.6 Å². The summed E-state index contributed by atoms with van der Waals surface area (Å²) in [7, 11) is -3.72. The maximum Gasteiger partial charge on any atom is 0.234 e. The van der Waals surface area contributed by atoms with Crippen LogP contribution in [0.1, 0.15) is 6.92 Å². The fraction of sp³-hybridized carbons (Fsp3) is 0.167. The molecule has 0 atom stereocenters. The SMILES string of the molecule is C=N/C=C(O)\C=C(/C)S(N)(=O)=O. The highest BCUT2D eigenvalue weighted by Crippen LogP contribution is 2.03. The molecule has 0 fully saturated rings. The molecule has 0 aromatic carbocycles. The molecule has 0 radical (unpaired) electrons. The molecular weight excluding hydrogens is 180 g/mol. The quantitative estimate of drug-likeness (QED) is 0.380. The molecular formula is C6H10N2O3S. The number of nitrogens with zero attached hydrogens (tertiary/aromatic N) is 1. The summed E-state index contributed by atoms with van der Waals surface area (Å²) >= 11 is 0. The zero-order chi connectivity index (χ0) is 9.78. The second-order valence-corrected chi connectivity index (χ2v) is 3.77. The molecule has 0 spiro atoms. The predicted octanol–water partition coefficient (Wildman–Crippen LogP) is 0.279. The summed E-state index contributed by atoms with van der Waals surface area (Å²) in [6.07, 6.45) is 2.00. The number of allylic oxidation sites excluding steroid dienone is 2. The number of rotatable bonds is 3. The first-order chi connectivity index (χ1) is 5.38. The smallest absolute Gasteiger partial charge is 0.234 e. The van der Waals surface area contributed by atoms with Crippen molar-refractivity contribution in [2.75, 3.05) is 0 Å². The van der Waals surface area contributed by atoms with E-state index in [0.717, 1.165) is 12.3 Å². The standard InChI is InChI=1S/C6H10N2O3S/c1-5(12(7,10)11)3-6(9)4-8-2/h3-4,9H,2H2,1H3,(H2,7,10,11)/b5-3+,6-4+. The summed E-state index contributed by atoms with van der Waals surface area (Å²) in [5, 5.41) is 13.7. The minimum Gasteiger partial charge on any atom is -0.506 e. The van der Waals surface area contributed by atoms with Gasteiger partial charge in [-0.1, -0.05) is 0 Å². The van der Waals surface area contributed by atoms with Crippen LogP contribution in [0.15, 0.2) is 27.9 Å². The summed E-state index contributed by atoms with van der Waals surface area (Å²) in [6, 6.07) is 0. The van der Waals surface area contributed by atoms with Crippen LogP contribution >= 0.6 is 0 Å². The van der Waals surface area contributed by atoms with Gasteiger partial charge in [-0.2, -0.15) is 0 Å². The Morgan fingerprint density at radius 1 is 1.67 bits per heavy atom. The van der Waals surface area contributed by atoms with Gasteiger partial charge in [-0.3, -0.25) is 4.99 Å². The van der Waals surface area contributed by atoms with E-state index in [4.69, 9.17) is 10.2 Å². The first-order valence-electron chi connectivity index (χ1n) is 2.94. The predicted molar refractivity (Wildman–Crippen MR) is 47.1 cm³/mol. The molecule has 12 heavy (non-hydrogen) atoms. The number of nitrogens with two attached hydrogens (primary N) is 1. The van der Waals surface area contributed by atoms with Crippen molar-refractivity contribution in [3.63, 3.8) is 0 Å². The molecule has 0 unspecified atom stereocenters. The molecule has 6 heteroatoms. The third kappa shape index (κ3) is 3.89. The molecule has 5 nitrogen and oxygen atoms in total. The van der Waals surface area contributed by atoms with Crippen LogP contribution in [0.25, 0.3) is 0 Å². The van der Waals surface area contributed by atoms with Crippen LogP contribution in [-0.4, -0.2) is 20.2 Å². The van der Waals surface area contributed by atoms with Gasteiger partial charge in [0.2, 0.25) is 10.0 Å². The number of aliphatic hydroxyl groups excluding tert-OH is 1. The van der Waals surface area contributed by atoms with E-state index in [2.05, 4.69) is 11.7 Å². The van der Waals surface area contributed by atoms with E-state index in [9.17, 15) is 8.42 Å². The van der Waals surface area contributed by atoms with Crippen molar-refractivity contribution in [3.05, 3.63) is 22.9 Å². The molecule has 0 aliphatic heterocycles. The second-order valence-electron chi connectivity index (χ2n) is 2.04. The van der Waals surface area contributed by atoms with Gasteiger partial charge >= 0.3 is 0 Å². The van der Waals surface area contributed by atoms with Crippen LogP contribution in [0.4, 0.5) is 0 Å². The Balaban J connectivity index is 4.82. The second kappa shape index (κ2) is 4.03. The molecule has 0 amide bonds. The van der Waals surface area contributed by atoms with Crippen molar-refractivity contribution in [3.8, 4) is 0 Å². The van der Waals surface area contributed by atoms with Crippen molar-refractivity contribution in [1.82, 2.24) is 0 Å². The van der Waals surface area contributed by atoms with Gasteiger partial charge in [-0.05, 0) is 19.7 Å². The Kier molecular flexibility index (Phi) is 3.65. The number of hydrogen-bond donors (Lipinski definition) is 2. The van der Waals surface area contributed by atoms with Crippen molar-refractivity contribution in [1.29, 1.82) is 0 Å². The summed E-state index contributed by atoms with van der Waals surface area (Å²) in [5.74, 6) is -0.309. The fourth-order valence-corrected chi connectivity index (χ4v) is 0.706. The largest absolute Gasteiger partial charge is 0.506 e. The van der Waals surface area contributed by atoms with E-state index < -0.39 is 10.0 Å². The first kappa shape index (κ1) is 10.9. The number of hydrogen-bond acceptors (Lipinski definition) is 4. The molecule has 68 valence electrons. The summed E-state index contributed by atoms with van der Waals surface area (Å²) in [5.41, 5.74) is 0. The highest BCUT2D eigenvalue weighted by Gasteiger charge is 2.05. The van der Waals surface area contributed by atoms with Gasteiger partial charge in [0.1, 0.15) is 5.76 Å². The third-order valence-corrected chi connectivity index (χ3v) is 2.04. The molecule has 0 rings (SSSR count). The molecule has 3 N–H and O–H groups in total. The zero-order valence-electron chi connectivity index (χ0n) is 6.56. The topological polar surface area (TPSA) is 92.8 Å². The molecule has 0 aliphatic rings. The van der Waals surface area contributed by atoms with Crippen LogP contribution in [0.5, 0.6) is 0 Å². The van der Waals surface area contributed by atoms with E-state index in [1.54, 1.807) is 0 Å². The van der Waals surface area contributed by atoms with Gasteiger partial charge < -0.3 is 5.11 Å². The summed E-state index contributed by atoms with van der Waals surface area (Å²) < 4.78 is 21.2. The van der Waals surface area contributed by atoms with Crippen LogP contribution in [-0.2, 0) is 10.0 Å². The van der Waals surface area contributed by atoms with E-state index in [-0.39, 0.29) is 10.7 Å². The van der Waals surface area contributed by atoms with Crippen molar-refractivity contribution < 1.29 is 13.5 Å². The van der Waals surface area contributed by atoms with Gasteiger partial charge in [0.15, 0.2) is 0 Å². The highest BCUT2D eigenvalue weighted by molar-refractivity contribution is 7.93. The van der Waals surface area contributed by atoms with Crippen LogP contribution < -0.4 is 5.14 Å². The average molecular weight is 190 g/mol. The highest BCUT2D eigenvalue weighted by atomic mass is 32.2. The number of primary sulfonamides is 1. The number of aliphatic hydroxyl groups is 1. The van der Waals surface area contributed by atoms with Gasteiger partial charge in [0, 0.05) is 0 Å². The lowest BCUT2D eigenvalue weighted by molar-refractivity contribution is 0.430. The zero-order valence-corrected chi connectivity index (χ0v) is 7.37. The Hall–Kier alpha value is -1.14. The maximum absolute atomic E-state index is 10.6. The Labute approximate surface area is 71.0 Å². The van der Waals surface area contributed by atoms with Gasteiger partial charge in [0.25, 0.3) is 0 Å². The lowest BCUT2D eigenvalue weighted by Crippen LogP contribution is -2.12. The number of sulfonamides is 1. The average Bonchev–Trinajstić information content (AvgIpc) is 1.85. The van der Waals surface area contributed by atoms with Crippen LogP contribution in [0.3, 0.4) is 0 Å². The summed E-state index contributed by atoms with van der Waals surface area (Å²) in [4.78, 5) is 3.09. The monoisotopic (exact) mass is 190 g/mol. The van der Waals surface area contributed by atoms with Crippen molar-refractivity contribution >= 4 is 16.7 Å². The lowest BCUT2D eigenvalue weighted by atomic mass is 10.4. The van der Waals surface area contributed by atoms with Crippen LogP contribution in [0, 0.1) is 0 Å². The Morgan fingerprint density at radius 3 is 2.50 bits per heavy atom. The molecule has 0 saturated carbocycles. The van der Waals surface area contributed by atoms with E-state index in [0.29, 0.717) is 0 Å². The van der Waals surface area contributed by atoms with Gasteiger partial charge in [0.05, 0.1) is 11.1 Å². The normalized spacial score (nSPS) is 14.5. The van der Waals surface area contributed by atoms with Gasteiger partial charge in [-0.15, -0.1) is 0 Å². The minimum absolute atomic E-state index is 0.139. The molecule has 0 aliphatic carbocycles. The fourth-order valence-electron chi connectivity index (χ4n) is 0.421. The maximum atomic E-state index is 10.6. The van der Waals surface area contributed by atoms with E-state index >= 15 is 0 Å². The van der Waals surface area contributed by atoms with Crippen molar-refractivity contribution in [2.45, 2.75) is 6.92 Å². The first-order valence-corrected chi connectivity index (χ1v) is 4.48. The number of aliphatic imine (C=N–C) groups is 1. The summed E-state index contributed by atoms with van der Waals surface area (Å²) in [6.45, 7) is 4.34. The molecule has 0 saturated heterocycles. The lowest BCUT2D eigenvalue weighted by Gasteiger charge is -1.95. The van der Waals surface area contributed by atoms with E-state index in [1.807, 2.05) is 0 Å². The molecule has 0 bridgehead atoms. The Morgan fingerprint density at radius 2 is 2.17 bits per heavy atom. The van der Waals surface area contributed by atoms with Crippen LogP contribution in [0.2, 0.25) is 0 Å². The van der Waals surface area contributed by atoms with E-state index in [1.165, 1.54) is 6.92 Å². The van der Waals surface area contributed by atoms with Crippen molar-refractivity contribution in [2.24, 2.45) is 10.1 Å². The third-order valence-electron chi connectivity index (χ3n) is 1.02. The molecule has 0 aromatic heterocycles. The molecule has 0 aromatic rings. The molecule has 0 heterocycles. The Bertz CT molecular complexity index is 327. The minimum atomic E-state index is -3.72.